The maximum absolute atomic E-state index is 5.64. The van der Waals surface area contributed by atoms with E-state index in [1.54, 1.807) is 0 Å². The van der Waals surface area contributed by atoms with E-state index in [1.807, 2.05) is 6.92 Å². The molecule has 0 radical (unpaired) electrons. The van der Waals surface area contributed by atoms with Gasteiger partial charge in [-0.25, -0.2) is 0 Å². The molecule has 0 spiro atoms. The van der Waals surface area contributed by atoms with Crippen molar-refractivity contribution in [3.8, 4) is 0 Å². The van der Waals surface area contributed by atoms with Crippen LogP contribution in [-0.2, 0) is 9.47 Å². The smallest absolute Gasteiger partial charge is 0.0763 e. The zero-order valence-electron chi connectivity index (χ0n) is 10.3. The van der Waals surface area contributed by atoms with Gasteiger partial charge in [0.25, 0.3) is 0 Å². The van der Waals surface area contributed by atoms with E-state index in [0.717, 1.165) is 32.5 Å². The van der Waals surface area contributed by atoms with Crippen LogP contribution in [0.2, 0.25) is 0 Å². The third-order valence-corrected chi connectivity index (χ3v) is 2.26. The predicted octanol–water partition coefficient (Wildman–Crippen LogP) is 1.45. The van der Waals surface area contributed by atoms with E-state index >= 15 is 0 Å². The van der Waals surface area contributed by atoms with Crippen molar-refractivity contribution in [2.45, 2.75) is 52.2 Å². The van der Waals surface area contributed by atoms with E-state index < -0.39 is 0 Å². The summed E-state index contributed by atoms with van der Waals surface area (Å²) in [4.78, 5) is 0. The lowest BCUT2D eigenvalue weighted by molar-refractivity contribution is -0.00413. The van der Waals surface area contributed by atoms with Crippen LogP contribution in [0, 0.1) is 0 Å². The second-order valence-corrected chi connectivity index (χ2v) is 3.63. The third kappa shape index (κ3) is 6.84. The summed E-state index contributed by atoms with van der Waals surface area (Å²) < 4.78 is 11.1. The summed E-state index contributed by atoms with van der Waals surface area (Å²) in [6, 6.07) is 0.0939. The Labute approximate surface area is 93.5 Å². The highest BCUT2D eigenvalue weighted by molar-refractivity contribution is 4.74. The summed E-state index contributed by atoms with van der Waals surface area (Å²) in [5.74, 6) is 5.51. The number of hydrazine groups is 1. The lowest BCUT2D eigenvalue weighted by atomic mass is 10.1. The first-order chi connectivity index (χ1) is 7.29. The van der Waals surface area contributed by atoms with Crippen molar-refractivity contribution in [2.24, 2.45) is 5.84 Å². The fraction of sp³-hybridized carbons (Fsp3) is 1.00. The maximum Gasteiger partial charge on any atom is 0.0763 e. The lowest BCUT2D eigenvalue weighted by Crippen LogP contribution is -2.48. The molecule has 0 bridgehead atoms. The van der Waals surface area contributed by atoms with Gasteiger partial charge in [-0.1, -0.05) is 20.3 Å². The van der Waals surface area contributed by atoms with Gasteiger partial charge in [0.05, 0.1) is 18.8 Å². The molecule has 0 aliphatic heterocycles. The topological polar surface area (TPSA) is 56.5 Å². The molecular formula is C11H26N2O2. The van der Waals surface area contributed by atoms with Gasteiger partial charge in [-0.3, -0.25) is 11.3 Å². The molecule has 2 atom stereocenters. The number of nitrogens with two attached hydrogens (primary N) is 1. The summed E-state index contributed by atoms with van der Waals surface area (Å²) in [7, 11) is 0. The highest BCUT2D eigenvalue weighted by Crippen LogP contribution is 2.07. The van der Waals surface area contributed by atoms with Gasteiger partial charge in [0, 0.05) is 13.2 Å². The molecule has 0 aliphatic carbocycles. The lowest BCUT2D eigenvalue weighted by Gasteiger charge is -2.26. The molecule has 4 nitrogen and oxygen atoms in total. The minimum atomic E-state index is 0.0939. The second kappa shape index (κ2) is 10.4. The summed E-state index contributed by atoms with van der Waals surface area (Å²) in [5.41, 5.74) is 2.78. The zero-order valence-corrected chi connectivity index (χ0v) is 10.3. The number of nitrogens with one attached hydrogen (secondary N) is 1. The summed E-state index contributed by atoms with van der Waals surface area (Å²) >= 11 is 0. The van der Waals surface area contributed by atoms with Crippen LogP contribution in [-0.4, -0.2) is 32.0 Å². The van der Waals surface area contributed by atoms with Crippen LogP contribution in [0.3, 0.4) is 0 Å². The van der Waals surface area contributed by atoms with Crippen molar-refractivity contribution in [2.75, 3.05) is 19.8 Å². The van der Waals surface area contributed by atoms with Crippen molar-refractivity contribution < 1.29 is 9.47 Å². The summed E-state index contributed by atoms with van der Waals surface area (Å²) in [6.45, 7) is 8.36. The Morgan fingerprint density at radius 3 is 2.40 bits per heavy atom. The van der Waals surface area contributed by atoms with Crippen LogP contribution in [0.25, 0.3) is 0 Å². The monoisotopic (exact) mass is 218 g/mol. The van der Waals surface area contributed by atoms with Gasteiger partial charge in [0.15, 0.2) is 0 Å². The Kier molecular flexibility index (Phi) is 10.3. The largest absolute Gasteiger partial charge is 0.380 e. The van der Waals surface area contributed by atoms with Crippen LogP contribution in [0.1, 0.15) is 40.0 Å². The van der Waals surface area contributed by atoms with Gasteiger partial charge in [-0.15, -0.1) is 0 Å². The molecule has 0 aromatic rings. The van der Waals surface area contributed by atoms with E-state index in [-0.39, 0.29) is 12.1 Å². The highest BCUT2D eigenvalue weighted by atomic mass is 16.5. The number of rotatable bonds is 10. The van der Waals surface area contributed by atoms with Crippen LogP contribution >= 0.6 is 0 Å². The van der Waals surface area contributed by atoms with Gasteiger partial charge in [-0.05, 0) is 19.8 Å². The molecule has 0 rings (SSSR count). The Morgan fingerprint density at radius 1 is 1.20 bits per heavy atom. The average molecular weight is 218 g/mol. The Morgan fingerprint density at radius 2 is 1.93 bits per heavy atom. The molecule has 0 amide bonds. The quantitative estimate of drug-likeness (QED) is 0.331. The third-order valence-electron chi connectivity index (χ3n) is 2.26. The first-order valence-electron chi connectivity index (χ1n) is 5.95. The Hall–Kier alpha value is -0.160. The second-order valence-electron chi connectivity index (χ2n) is 3.63. The molecule has 0 saturated carbocycles. The molecule has 4 heteroatoms. The maximum atomic E-state index is 5.64. The van der Waals surface area contributed by atoms with Crippen LogP contribution in [0.15, 0.2) is 0 Å². The van der Waals surface area contributed by atoms with E-state index in [1.165, 1.54) is 0 Å². The van der Waals surface area contributed by atoms with Crippen LogP contribution < -0.4 is 11.3 Å². The zero-order chi connectivity index (χ0) is 11.5. The van der Waals surface area contributed by atoms with Gasteiger partial charge in [0.1, 0.15) is 0 Å². The molecule has 15 heavy (non-hydrogen) atoms. The first kappa shape index (κ1) is 14.8. The Balaban J connectivity index is 3.93. The standard InChI is InChI=1S/C11H26N2O2/c1-4-7-11(15-6-3)10(13-12)9-14-8-5-2/h10-11,13H,4-9,12H2,1-3H3. The van der Waals surface area contributed by atoms with E-state index in [2.05, 4.69) is 19.3 Å². The summed E-state index contributed by atoms with van der Waals surface area (Å²) in [6.07, 6.45) is 3.29. The van der Waals surface area contributed by atoms with Gasteiger partial charge in [-0.2, -0.15) is 0 Å². The SMILES string of the molecule is CCCOCC(NN)C(CCC)OCC. The average Bonchev–Trinajstić information content (AvgIpc) is 2.24. The fourth-order valence-corrected chi connectivity index (χ4v) is 1.52. The van der Waals surface area contributed by atoms with Crippen LogP contribution in [0.4, 0.5) is 0 Å². The number of ether oxygens (including phenoxy) is 2. The number of hydrogen-bond acceptors (Lipinski definition) is 4. The normalized spacial score (nSPS) is 15.2. The van der Waals surface area contributed by atoms with E-state index in [4.69, 9.17) is 15.3 Å². The van der Waals surface area contributed by atoms with Gasteiger partial charge < -0.3 is 9.47 Å². The van der Waals surface area contributed by atoms with Crippen LogP contribution in [0.5, 0.6) is 0 Å². The molecule has 0 aromatic heterocycles. The molecule has 2 unspecified atom stereocenters. The molecule has 0 aliphatic rings. The first-order valence-corrected chi connectivity index (χ1v) is 5.95. The number of hydrogen-bond donors (Lipinski definition) is 2. The van der Waals surface area contributed by atoms with E-state index in [9.17, 15) is 0 Å². The minimum absolute atomic E-state index is 0.0939. The van der Waals surface area contributed by atoms with Gasteiger partial charge in [0.2, 0.25) is 0 Å². The minimum Gasteiger partial charge on any atom is -0.380 e. The molecule has 0 aromatic carbocycles. The molecule has 0 fully saturated rings. The van der Waals surface area contributed by atoms with Crippen molar-refractivity contribution in [1.82, 2.24) is 5.43 Å². The van der Waals surface area contributed by atoms with Crippen molar-refractivity contribution in [3.63, 3.8) is 0 Å². The molecular weight excluding hydrogens is 192 g/mol. The molecule has 0 heterocycles. The van der Waals surface area contributed by atoms with Crippen molar-refractivity contribution in [3.05, 3.63) is 0 Å². The highest BCUT2D eigenvalue weighted by Gasteiger charge is 2.19. The molecule has 3 N–H and O–H groups in total. The Bertz CT molecular complexity index is 128. The van der Waals surface area contributed by atoms with E-state index in [0.29, 0.717) is 6.61 Å². The fourth-order valence-electron chi connectivity index (χ4n) is 1.52. The van der Waals surface area contributed by atoms with Gasteiger partial charge >= 0.3 is 0 Å². The molecule has 92 valence electrons. The summed E-state index contributed by atoms with van der Waals surface area (Å²) in [5, 5.41) is 0. The predicted molar refractivity (Wildman–Crippen MR) is 62.5 cm³/mol. The van der Waals surface area contributed by atoms with Crippen molar-refractivity contribution in [1.29, 1.82) is 0 Å². The van der Waals surface area contributed by atoms with Crippen molar-refractivity contribution >= 4 is 0 Å². The molecule has 0 saturated heterocycles.